The minimum Gasteiger partial charge on any atom is -0.616 e. The van der Waals surface area contributed by atoms with Crippen molar-refractivity contribution in [2.75, 3.05) is 0 Å². The summed E-state index contributed by atoms with van der Waals surface area (Å²) in [6, 6.07) is 34.1. The molecule has 0 spiro atoms. The number of benzene rings is 4. The summed E-state index contributed by atoms with van der Waals surface area (Å²) >= 11 is 0. The monoisotopic (exact) mass is 367 g/mol. The maximum Gasteiger partial charge on any atom is 0.143 e. The zero-order chi connectivity index (χ0) is 19.4. The van der Waals surface area contributed by atoms with Crippen LogP contribution in [0.25, 0.3) is 0 Å². The molecule has 0 aliphatic carbocycles. The number of hydrogen-bond donors (Lipinski definition) is 0. The molecule has 0 heterocycles. The molecule has 0 bridgehead atoms. The van der Waals surface area contributed by atoms with Gasteiger partial charge in [0, 0.05) is 36.4 Å². The van der Waals surface area contributed by atoms with Crippen LogP contribution < -0.4 is 9.38 Å². The Kier molecular flexibility index (Phi) is 4.94. The topological polar surface area (TPSA) is 32.3 Å². The van der Waals surface area contributed by atoms with E-state index in [9.17, 15) is 5.21 Å². The van der Waals surface area contributed by atoms with Gasteiger partial charge in [-0.05, 0) is 30.7 Å². The van der Waals surface area contributed by atoms with E-state index in [0.717, 1.165) is 17.1 Å². The van der Waals surface area contributed by atoms with Crippen LogP contribution in [-0.4, -0.2) is 0 Å². The number of hydrogen-bond acceptors (Lipinski definition) is 2. The van der Waals surface area contributed by atoms with Crippen molar-refractivity contribution in [3.63, 3.8) is 0 Å². The molecule has 0 amide bonds. The molecule has 3 nitrogen and oxygen atoms in total. The van der Waals surface area contributed by atoms with Crippen LogP contribution in [0.4, 0.5) is 17.1 Å². The number of aryl methyl sites for hydroxylation is 1. The first-order chi connectivity index (χ1) is 13.7. The summed E-state index contributed by atoms with van der Waals surface area (Å²) in [6.45, 7) is 1.96. The van der Waals surface area contributed by atoms with Crippen molar-refractivity contribution in [1.29, 1.82) is 0 Å². The lowest BCUT2D eigenvalue weighted by molar-refractivity contribution is 0.478. The van der Waals surface area contributed by atoms with Crippen molar-refractivity contribution in [2.24, 2.45) is 0 Å². The SMILES string of the molecule is Cc1cc([N+]([O-])(c2ccccc2)c2ccccc2)ccc1Oc1ccccc1. The maximum atomic E-state index is 14.2. The van der Waals surface area contributed by atoms with Crippen molar-refractivity contribution in [1.82, 2.24) is 4.65 Å². The number of ether oxygens (including phenoxy) is 1. The van der Waals surface area contributed by atoms with Crippen molar-refractivity contribution in [3.8, 4) is 11.5 Å². The molecular weight excluding hydrogens is 346 g/mol. The average molecular weight is 367 g/mol. The van der Waals surface area contributed by atoms with Crippen LogP contribution >= 0.6 is 0 Å². The Morgan fingerprint density at radius 2 is 1.11 bits per heavy atom. The van der Waals surface area contributed by atoms with Crippen LogP contribution in [0.2, 0.25) is 0 Å². The van der Waals surface area contributed by atoms with Gasteiger partial charge in [0.15, 0.2) is 0 Å². The van der Waals surface area contributed by atoms with Gasteiger partial charge >= 0.3 is 0 Å². The Bertz CT molecular complexity index is 1010. The molecule has 0 saturated heterocycles. The van der Waals surface area contributed by atoms with Crippen LogP contribution in [0.3, 0.4) is 0 Å². The minimum atomic E-state index is -0.659. The van der Waals surface area contributed by atoms with Gasteiger partial charge in [0.05, 0.1) is 0 Å². The maximum absolute atomic E-state index is 14.2. The first-order valence-corrected chi connectivity index (χ1v) is 9.23. The van der Waals surface area contributed by atoms with Gasteiger partial charge in [-0.1, -0.05) is 54.6 Å². The van der Waals surface area contributed by atoms with Gasteiger partial charge in [-0.25, -0.2) is 0 Å². The lowest BCUT2D eigenvalue weighted by Crippen LogP contribution is -2.31. The van der Waals surface area contributed by atoms with Gasteiger partial charge < -0.3 is 9.94 Å². The highest BCUT2D eigenvalue weighted by molar-refractivity contribution is 5.72. The summed E-state index contributed by atoms with van der Waals surface area (Å²) in [7, 11) is 0. The quantitative estimate of drug-likeness (QED) is 0.275. The third kappa shape index (κ3) is 3.41. The summed E-state index contributed by atoms with van der Waals surface area (Å²) in [4.78, 5) is 0. The second-order valence-electron chi connectivity index (χ2n) is 6.65. The van der Waals surface area contributed by atoms with E-state index < -0.39 is 4.65 Å². The Labute approximate surface area is 165 Å². The lowest BCUT2D eigenvalue weighted by Gasteiger charge is -2.41. The Morgan fingerprint density at radius 1 is 0.607 bits per heavy atom. The van der Waals surface area contributed by atoms with Crippen LogP contribution in [-0.2, 0) is 0 Å². The predicted molar refractivity (Wildman–Crippen MR) is 115 cm³/mol. The van der Waals surface area contributed by atoms with Crippen LogP contribution in [0.1, 0.15) is 5.56 Å². The standard InChI is InChI=1S/C25H21NO2/c1-20-19-23(17-18-25(20)28-24-15-9-4-10-16-24)26(27,21-11-5-2-6-12-21)22-13-7-3-8-14-22/h2-19H,1H3. The summed E-state index contributed by atoms with van der Waals surface area (Å²) in [5, 5.41) is 14.2. The Balaban J connectivity index is 1.78. The van der Waals surface area contributed by atoms with E-state index in [4.69, 9.17) is 4.74 Å². The number of nitrogens with zero attached hydrogens (tertiary/aromatic N) is 1. The largest absolute Gasteiger partial charge is 0.616 e. The van der Waals surface area contributed by atoms with Crippen molar-refractivity contribution in [3.05, 3.63) is 120 Å². The highest BCUT2D eigenvalue weighted by Crippen LogP contribution is 2.43. The molecule has 4 rings (SSSR count). The zero-order valence-corrected chi connectivity index (χ0v) is 15.7. The molecule has 0 atom stereocenters. The summed E-state index contributed by atoms with van der Waals surface area (Å²) in [5.41, 5.74) is 2.86. The molecule has 28 heavy (non-hydrogen) atoms. The molecule has 0 radical (unpaired) electrons. The molecule has 138 valence electrons. The van der Waals surface area contributed by atoms with Gasteiger partial charge in [0.25, 0.3) is 0 Å². The van der Waals surface area contributed by atoms with Gasteiger partial charge in [-0.15, -0.1) is 0 Å². The lowest BCUT2D eigenvalue weighted by atomic mass is 10.1. The molecule has 0 aliphatic heterocycles. The fraction of sp³-hybridized carbons (Fsp3) is 0.0400. The van der Waals surface area contributed by atoms with Gasteiger partial charge in [-0.2, -0.15) is 0 Å². The molecule has 0 fully saturated rings. The smallest absolute Gasteiger partial charge is 0.143 e. The Morgan fingerprint density at radius 3 is 1.61 bits per heavy atom. The third-order valence-corrected chi connectivity index (χ3v) is 4.73. The van der Waals surface area contributed by atoms with Crippen LogP contribution in [0, 0.1) is 12.1 Å². The van der Waals surface area contributed by atoms with Crippen LogP contribution in [0.15, 0.2) is 109 Å². The fourth-order valence-corrected chi connectivity index (χ4v) is 3.28. The van der Waals surface area contributed by atoms with Gasteiger partial charge in [-0.3, -0.25) is 4.65 Å². The molecule has 0 aromatic heterocycles. The zero-order valence-electron chi connectivity index (χ0n) is 15.7. The normalized spacial score (nSPS) is 11.2. The van der Waals surface area contributed by atoms with Crippen molar-refractivity contribution in [2.45, 2.75) is 6.92 Å². The first kappa shape index (κ1) is 18.0. The van der Waals surface area contributed by atoms with E-state index in [1.165, 1.54) is 0 Å². The van der Waals surface area contributed by atoms with Crippen molar-refractivity contribution >= 4 is 17.1 Å². The second-order valence-corrected chi connectivity index (χ2v) is 6.65. The molecular formula is C25H21NO2. The van der Waals surface area contributed by atoms with E-state index in [2.05, 4.69) is 0 Å². The second kappa shape index (κ2) is 7.69. The molecule has 0 saturated carbocycles. The van der Waals surface area contributed by atoms with Gasteiger partial charge in [0.1, 0.15) is 28.6 Å². The average Bonchev–Trinajstić information content (AvgIpc) is 2.76. The molecule has 0 aliphatic rings. The number of rotatable bonds is 5. The highest BCUT2D eigenvalue weighted by atomic mass is 16.5. The van der Waals surface area contributed by atoms with Crippen molar-refractivity contribution < 1.29 is 4.74 Å². The van der Waals surface area contributed by atoms with E-state index in [-0.39, 0.29) is 0 Å². The number of quaternary nitrogens is 1. The van der Waals surface area contributed by atoms with E-state index in [0.29, 0.717) is 17.1 Å². The minimum absolute atomic E-state index is 0.635. The molecule has 3 heteroatoms. The fourth-order valence-electron chi connectivity index (χ4n) is 3.28. The van der Waals surface area contributed by atoms with E-state index >= 15 is 0 Å². The highest BCUT2D eigenvalue weighted by Gasteiger charge is 2.27. The number of para-hydroxylation sites is 3. The molecule has 4 aromatic rings. The molecule has 0 N–H and O–H groups in total. The summed E-state index contributed by atoms with van der Waals surface area (Å²) in [5.74, 6) is 1.51. The Hall–Kier alpha value is -3.40. The van der Waals surface area contributed by atoms with E-state index in [1.54, 1.807) is 0 Å². The van der Waals surface area contributed by atoms with Gasteiger partial charge in [0.2, 0.25) is 0 Å². The summed E-state index contributed by atoms with van der Waals surface area (Å²) < 4.78 is 5.32. The third-order valence-electron chi connectivity index (χ3n) is 4.73. The summed E-state index contributed by atoms with van der Waals surface area (Å²) in [6.07, 6.45) is 0. The molecule has 0 unspecified atom stereocenters. The molecule has 4 aromatic carbocycles. The predicted octanol–water partition coefficient (Wildman–Crippen LogP) is 7.26. The van der Waals surface area contributed by atoms with Crippen LogP contribution in [0.5, 0.6) is 11.5 Å². The first-order valence-electron chi connectivity index (χ1n) is 9.23. The van der Waals surface area contributed by atoms with E-state index in [1.807, 2.05) is 116 Å².